The van der Waals surface area contributed by atoms with Crippen molar-refractivity contribution >= 4 is 38.7 Å². The van der Waals surface area contributed by atoms with E-state index < -0.39 is 25.5 Å². The highest BCUT2D eigenvalue weighted by Gasteiger charge is 2.26. The largest absolute Gasteiger partial charge is 0.399 e. The molecule has 9 heteroatoms. The van der Waals surface area contributed by atoms with Crippen LogP contribution in [0.1, 0.15) is 0 Å². The third kappa shape index (κ3) is 3.23. The van der Waals surface area contributed by atoms with Gasteiger partial charge in [-0.1, -0.05) is 23.7 Å². The lowest BCUT2D eigenvalue weighted by Crippen LogP contribution is -2.15. The number of para-hydroxylation sites is 1. The third-order valence-corrected chi connectivity index (χ3v) is 4.31. The van der Waals surface area contributed by atoms with E-state index in [9.17, 15) is 18.5 Å². The fourth-order valence-corrected chi connectivity index (χ4v) is 3.17. The van der Waals surface area contributed by atoms with E-state index in [1.54, 1.807) is 12.1 Å². The Morgan fingerprint density at radius 2 is 1.86 bits per heavy atom. The molecule has 0 aliphatic carbocycles. The zero-order chi connectivity index (χ0) is 15.6. The van der Waals surface area contributed by atoms with Crippen molar-refractivity contribution in [1.29, 1.82) is 0 Å². The molecule has 0 aliphatic rings. The number of halogens is 1. The second-order valence-corrected chi connectivity index (χ2v) is 6.13. The lowest BCUT2D eigenvalue weighted by Gasteiger charge is -2.10. The Balaban J connectivity index is 2.52. The van der Waals surface area contributed by atoms with Crippen LogP contribution in [0, 0.1) is 10.1 Å². The number of benzene rings is 2. The van der Waals surface area contributed by atoms with Crippen molar-refractivity contribution in [3.63, 3.8) is 0 Å². The summed E-state index contributed by atoms with van der Waals surface area (Å²) in [5.74, 6) is 0. The maximum absolute atomic E-state index is 12.3. The summed E-state index contributed by atoms with van der Waals surface area (Å²) in [4.78, 5) is 9.63. The van der Waals surface area contributed by atoms with Crippen LogP contribution in [0.3, 0.4) is 0 Å². The highest BCUT2D eigenvalue weighted by molar-refractivity contribution is 7.92. The monoisotopic (exact) mass is 327 g/mol. The van der Waals surface area contributed by atoms with Gasteiger partial charge in [0.25, 0.3) is 15.7 Å². The quantitative estimate of drug-likeness (QED) is 0.508. The number of hydrogen-bond acceptors (Lipinski definition) is 5. The molecular weight excluding hydrogens is 318 g/mol. The van der Waals surface area contributed by atoms with Gasteiger partial charge in [-0.05, 0) is 24.3 Å². The van der Waals surface area contributed by atoms with Gasteiger partial charge < -0.3 is 5.73 Å². The summed E-state index contributed by atoms with van der Waals surface area (Å²) >= 11 is 5.87. The molecule has 0 spiro atoms. The number of nitrogens with one attached hydrogen (secondary N) is 1. The molecule has 0 fully saturated rings. The Kier molecular flexibility index (Phi) is 4.01. The van der Waals surface area contributed by atoms with Crippen LogP contribution in [0.2, 0.25) is 5.02 Å². The van der Waals surface area contributed by atoms with Crippen LogP contribution in [0.25, 0.3) is 0 Å². The molecule has 0 amide bonds. The average Bonchev–Trinajstić information content (AvgIpc) is 2.41. The topological polar surface area (TPSA) is 115 Å². The molecule has 0 unspecified atom stereocenters. The van der Waals surface area contributed by atoms with Crippen LogP contribution < -0.4 is 10.5 Å². The summed E-state index contributed by atoms with van der Waals surface area (Å²) < 4.78 is 26.8. The van der Waals surface area contributed by atoms with E-state index in [2.05, 4.69) is 4.72 Å². The maximum Gasteiger partial charge on any atom is 0.290 e. The molecule has 2 aromatic carbocycles. The molecular formula is C12H10ClN3O4S. The van der Waals surface area contributed by atoms with Crippen LogP contribution in [0.4, 0.5) is 17.1 Å². The molecule has 0 atom stereocenters. The Hall–Kier alpha value is -2.32. The van der Waals surface area contributed by atoms with E-state index in [1.807, 2.05) is 0 Å². The number of nitrogens with zero attached hydrogens (tertiary/aromatic N) is 1. The number of hydrogen-bond donors (Lipinski definition) is 2. The fourth-order valence-electron chi connectivity index (χ4n) is 1.64. The van der Waals surface area contributed by atoms with E-state index in [0.717, 1.165) is 12.1 Å². The smallest absolute Gasteiger partial charge is 0.290 e. The van der Waals surface area contributed by atoms with Crippen molar-refractivity contribution < 1.29 is 13.3 Å². The summed E-state index contributed by atoms with van der Waals surface area (Å²) in [6, 6.07) is 9.46. The molecule has 110 valence electrons. The van der Waals surface area contributed by atoms with E-state index in [-0.39, 0.29) is 16.4 Å². The van der Waals surface area contributed by atoms with Crippen molar-refractivity contribution in [1.82, 2.24) is 0 Å². The Morgan fingerprint density at radius 1 is 1.19 bits per heavy atom. The molecule has 0 saturated carbocycles. The van der Waals surface area contributed by atoms with Gasteiger partial charge in [0.2, 0.25) is 0 Å². The summed E-state index contributed by atoms with van der Waals surface area (Å²) in [5, 5.41) is 11.1. The minimum atomic E-state index is -4.19. The fraction of sp³-hybridized carbons (Fsp3) is 0. The predicted octanol–water partition coefficient (Wildman–Crippen LogP) is 2.63. The van der Waals surface area contributed by atoms with Gasteiger partial charge in [0, 0.05) is 11.8 Å². The first-order valence-corrected chi connectivity index (χ1v) is 7.48. The molecule has 21 heavy (non-hydrogen) atoms. The molecule has 7 nitrogen and oxygen atoms in total. The number of rotatable bonds is 4. The van der Waals surface area contributed by atoms with Crippen LogP contribution in [0.15, 0.2) is 47.4 Å². The van der Waals surface area contributed by atoms with Crippen molar-refractivity contribution in [2.45, 2.75) is 4.90 Å². The predicted molar refractivity (Wildman–Crippen MR) is 79.8 cm³/mol. The molecule has 0 radical (unpaired) electrons. The van der Waals surface area contributed by atoms with Crippen LogP contribution in [-0.2, 0) is 10.0 Å². The van der Waals surface area contributed by atoms with Crippen LogP contribution in [-0.4, -0.2) is 13.3 Å². The Bertz CT molecular complexity index is 808. The first-order chi connectivity index (χ1) is 9.81. The normalized spacial score (nSPS) is 11.1. The van der Waals surface area contributed by atoms with E-state index in [0.29, 0.717) is 0 Å². The zero-order valence-corrected chi connectivity index (χ0v) is 12.1. The Morgan fingerprint density at radius 3 is 2.48 bits per heavy atom. The minimum absolute atomic E-state index is 0.0973. The lowest BCUT2D eigenvalue weighted by molar-refractivity contribution is -0.387. The van der Waals surface area contributed by atoms with Gasteiger partial charge in [-0.3, -0.25) is 14.8 Å². The standard InChI is InChI=1S/C12H10ClN3O4S/c13-9-3-1-2-4-10(9)15-21(19,20)12-7-8(14)5-6-11(12)16(17)18/h1-7,15H,14H2. The lowest BCUT2D eigenvalue weighted by atomic mass is 10.3. The van der Waals surface area contributed by atoms with Gasteiger partial charge in [0.05, 0.1) is 15.6 Å². The third-order valence-electron chi connectivity index (χ3n) is 2.59. The van der Waals surface area contributed by atoms with Crippen LogP contribution in [0.5, 0.6) is 0 Å². The molecule has 3 N–H and O–H groups in total. The Labute approximate surface area is 125 Å². The van der Waals surface area contributed by atoms with Crippen LogP contribution >= 0.6 is 11.6 Å². The second-order valence-electron chi connectivity index (χ2n) is 4.07. The number of nitrogens with two attached hydrogens (primary N) is 1. The van der Waals surface area contributed by atoms with E-state index in [4.69, 9.17) is 17.3 Å². The summed E-state index contributed by atoms with van der Waals surface area (Å²) in [7, 11) is -4.19. The SMILES string of the molecule is Nc1ccc([N+](=O)[O-])c(S(=O)(=O)Nc2ccccc2Cl)c1. The van der Waals surface area contributed by atoms with Crippen molar-refractivity contribution in [3.05, 3.63) is 57.6 Å². The molecule has 0 bridgehead atoms. The second kappa shape index (κ2) is 5.58. The molecule has 0 heterocycles. The average molecular weight is 328 g/mol. The highest BCUT2D eigenvalue weighted by atomic mass is 35.5. The van der Waals surface area contributed by atoms with Gasteiger partial charge in [0.15, 0.2) is 4.90 Å². The van der Waals surface area contributed by atoms with Gasteiger partial charge in [-0.2, -0.15) is 0 Å². The number of sulfonamides is 1. The minimum Gasteiger partial charge on any atom is -0.399 e. The van der Waals surface area contributed by atoms with Gasteiger partial charge in [-0.15, -0.1) is 0 Å². The first kappa shape index (κ1) is 15.1. The van der Waals surface area contributed by atoms with Crippen molar-refractivity contribution in [3.8, 4) is 0 Å². The van der Waals surface area contributed by atoms with E-state index >= 15 is 0 Å². The van der Waals surface area contributed by atoms with Gasteiger partial charge in [0.1, 0.15) is 0 Å². The molecule has 2 aromatic rings. The maximum atomic E-state index is 12.3. The van der Waals surface area contributed by atoms with Crippen molar-refractivity contribution in [2.24, 2.45) is 0 Å². The zero-order valence-electron chi connectivity index (χ0n) is 10.5. The van der Waals surface area contributed by atoms with Gasteiger partial charge >= 0.3 is 0 Å². The molecule has 0 aliphatic heterocycles. The van der Waals surface area contributed by atoms with Gasteiger partial charge in [-0.25, -0.2) is 8.42 Å². The molecule has 0 aromatic heterocycles. The summed E-state index contributed by atoms with van der Waals surface area (Å²) in [6.45, 7) is 0. The first-order valence-electron chi connectivity index (χ1n) is 5.62. The number of nitro benzene ring substituents is 1. The number of anilines is 2. The molecule has 2 rings (SSSR count). The number of nitrogen functional groups attached to an aromatic ring is 1. The molecule has 0 saturated heterocycles. The summed E-state index contributed by atoms with van der Waals surface area (Å²) in [5.41, 5.74) is 5.16. The highest BCUT2D eigenvalue weighted by Crippen LogP contribution is 2.29. The summed E-state index contributed by atoms with van der Waals surface area (Å²) in [6.07, 6.45) is 0. The van der Waals surface area contributed by atoms with Crippen molar-refractivity contribution in [2.75, 3.05) is 10.5 Å². The van der Waals surface area contributed by atoms with E-state index in [1.165, 1.54) is 18.2 Å². The number of nitro groups is 1.